The molecule has 0 aliphatic heterocycles. The first kappa shape index (κ1) is 26.7. The quantitative estimate of drug-likeness (QED) is 0.368. The lowest BCUT2D eigenvalue weighted by molar-refractivity contribution is 0.791. The van der Waals surface area contributed by atoms with Crippen molar-refractivity contribution >= 4 is 0 Å². The zero-order valence-electron chi connectivity index (χ0n) is 19.9. The van der Waals surface area contributed by atoms with E-state index in [2.05, 4.69) is 104 Å². The normalized spacial score (nSPS) is 12.1. The summed E-state index contributed by atoms with van der Waals surface area (Å²) in [6, 6.07) is 8.64. The van der Waals surface area contributed by atoms with Gasteiger partial charge >= 0.3 is 0 Å². The number of allylic oxidation sites excluding steroid dienone is 11. The number of aryl methyl sites for hydroxylation is 2. The molecule has 1 aromatic rings. The Bertz CT molecular complexity index is 744. The average Bonchev–Trinajstić information content (AvgIpc) is 2.72. The summed E-state index contributed by atoms with van der Waals surface area (Å²) in [6.07, 6.45) is 19.3. The van der Waals surface area contributed by atoms with E-state index in [0.29, 0.717) is 0 Å². The Balaban J connectivity index is 0.000000604. The highest BCUT2D eigenvalue weighted by Gasteiger charge is 2.01. The van der Waals surface area contributed by atoms with Crippen LogP contribution in [0.4, 0.5) is 0 Å². The zero-order chi connectivity index (χ0) is 22.1. The van der Waals surface area contributed by atoms with E-state index < -0.39 is 0 Å². The fraction of sp³-hybridized carbons (Fsp3) is 0.379. The van der Waals surface area contributed by atoms with Crippen LogP contribution < -0.4 is 0 Å². The van der Waals surface area contributed by atoms with Gasteiger partial charge in [-0.3, -0.25) is 0 Å². The summed E-state index contributed by atoms with van der Waals surface area (Å²) in [4.78, 5) is 0. The Morgan fingerprint density at radius 1 is 1.00 bits per heavy atom. The maximum Gasteiger partial charge on any atom is -0.0238 e. The number of rotatable bonds is 9. The van der Waals surface area contributed by atoms with E-state index in [1.807, 2.05) is 12.2 Å². The van der Waals surface area contributed by atoms with E-state index in [4.69, 9.17) is 0 Å². The summed E-state index contributed by atoms with van der Waals surface area (Å²) < 4.78 is 0. The Labute approximate surface area is 181 Å². The van der Waals surface area contributed by atoms with Gasteiger partial charge in [-0.2, -0.15) is 0 Å². The van der Waals surface area contributed by atoms with Gasteiger partial charge in [-0.15, -0.1) is 0 Å². The molecule has 0 spiro atoms. The topological polar surface area (TPSA) is 0 Å². The second kappa shape index (κ2) is 16.6. The summed E-state index contributed by atoms with van der Waals surface area (Å²) in [5, 5.41) is 0. The van der Waals surface area contributed by atoms with Crippen LogP contribution in [0.2, 0.25) is 0 Å². The summed E-state index contributed by atoms with van der Waals surface area (Å²) in [6.45, 7) is 18.8. The lowest BCUT2D eigenvalue weighted by atomic mass is 9.97. The maximum atomic E-state index is 3.68. The number of hydrogen-bond donors (Lipinski definition) is 0. The van der Waals surface area contributed by atoms with Crippen molar-refractivity contribution in [3.63, 3.8) is 0 Å². The van der Waals surface area contributed by atoms with E-state index >= 15 is 0 Å². The molecule has 0 aliphatic rings. The fourth-order valence-electron chi connectivity index (χ4n) is 2.81. The van der Waals surface area contributed by atoms with E-state index in [0.717, 1.165) is 6.42 Å². The van der Waals surface area contributed by atoms with Crippen molar-refractivity contribution in [3.05, 3.63) is 107 Å². The number of unbranched alkanes of at least 4 members (excludes halogenated alkanes) is 1. The van der Waals surface area contributed by atoms with Crippen molar-refractivity contribution in [2.45, 2.75) is 74.1 Å². The number of benzene rings is 1. The molecule has 158 valence electrons. The number of hydrogen-bond acceptors (Lipinski definition) is 0. The Kier molecular flexibility index (Phi) is 15.3. The second-order valence-corrected chi connectivity index (χ2v) is 7.48. The second-order valence-electron chi connectivity index (χ2n) is 7.48. The van der Waals surface area contributed by atoms with Crippen LogP contribution in [-0.4, -0.2) is 0 Å². The van der Waals surface area contributed by atoms with Gasteiger partial charge in [0, 0.05) is 0 Å². The molecule has 29 heavy (non-hydrogen) atoms. The van der Waals surface area contributed by atoms with Crippen LogP contribution in [-0.2, 0) is 6.42 Å². The van der Waals surface area contributed by atoms with Crippen LogP contribution in [0.5, 0.6) is 0 Å². The van der Waals surface area contributed by atoms with Gasteiger partial charge in [-0.05, 0) is 76.2 Å². The zero-order valence-corrected chi connectivity index (χ0v) is 19.9. The monoisotopic (exact) mass is 390 g/mol. The molecule has 0 aliphatic carbocycles. The van der Waals surface area contributed by atoms with E-state index in [9.17, 15) is 0 Å². The fourth-order valence-corrected chi connectivity index (χ4v) is 2.81. The summed E-state index contributed by atoms with van der Waals surface area (Å²) >= 11 is 0. The first-order valence-corrected chi connectivity index (χ1v) is 10.9. The van der Waals surface area contributed by atoms with Gasteiger partial charge in [0.2, 0.25) is 0 Å². The predicted octanol–water partition coefficient (Wildman–Crippen LogP) is 9.26. The Hall–Kier alpha value is -2.34. The van der Waals surface area contributed by atoms with Crippen molar-refractivity contribution < 1.29 is 0 Å². The van der Waals surface area contributed by atoms with Crippen LogP contribution >= 0.6 is 0 Å². The van der Waals surface area contributed by atoms with Gasteiger partial charge in [0.1, 0.15) is 0 Å². The minimum Gasteiger partial charge on any atom is -0.0991 e. The third-order valence-electron chi connectivity index (χ3n) is 4.84. The van der Waals surface area contributed by atoms with Crippen LogP contribution in [0, 0.1) is 6.92 Å². The van der Waals surface area contributed by atoms with Crippen molar-refractivity contribution in [1.29, 1.82) is 0 Å². The van der Waals surface area contributed by atoms with E-state index in [-0.39, 0.29) is 0 Å². The third kappa shape index (κ3) is 12.0. The standard InChI is InChI=1S/C18H26.C11H16/c1-7-10-11-12-17(9-3)18(15(4)5)14-13-16(6)8-2;1-3-4-8-11-9-6-5-7-10(11)2/h7-8,10-14H,1,9H2,2-6H3;5-7,9H,3-4,8H2,1-2H3/b11-10-,14-13-,16-8-,17-12+;. The molecule has 0 saturated heterocycles. The highest BCUT2D eigenvalue weighted by molar-refractivity contribution is 5.45. The summed E-state index contributed by atoms with van der Waals surface area (Å²) in [7, 11) is 0. The summed E-state index contributed by atoms with van der Waals surface area (Å²) in [5.74, 6) is 0. The van der Waals surface area contributed by atoms with Crippen molar-refractivity contribution in [1.82, 2.24) is 0 Å². The first-order chi connectivity index (χ1) is 13.9. The molecule has 0 unspecified atom stereocenters. The van der Waals surface area contributed by atoms with Crippen LogP contribution in [0.1, 0.15) is 71.9 Å². The minimum absolute atomic E-state index is 1.03. The SMILES string of the molecule is C=C/C=C\C=C(/CC)C(/C=C\C(C)=C/C)=C(C)C.CCCCc1ccccc1C. The third-order valence-corrected chi connectivity index (χ3v) is 4.84. The lowest BCUT2D eigenvalue weighted by Crippen LogP contribution is -1.88. The van der Waals surface area contributed by atoms with Gasteiger partial charge in [-0.1, -0.05) is 105 Å². The highest BCUT2D eigenvalue weighted by atomic mass is 14.1. The molecule has 0 N–H and O–H groups in total. The molecule has 0 saturated carbocycles. The maximum absolute atomic E-state index is 3.68. The van der Waals surface area contributed by atoms with Gasteiger partial charge in [0.15, 0.2) is 0 Å². The Morgan fingerprint density at radius 3 is 2.21 bits per heavy atom. The molecule has 0 atom stereocenters. The molecule has 0 amide bonds. The Morgan fingerprint density at radius 2 is 1.69 bits per heavy atom. The van der Waals surface area contributed by atoms with E-state index in [1.54, 1.807) is 6.08 Å². The molecule has 0 nitrogen and oxygen atoms in total. The smallest absolute Gasteiger partial charge is 0.0238 e. The molecule has 0 fully saturated rings. The molecule has 0 heteroatoms. The largest absolute Gasteiger partial charge is 0.0991 e. The minimum atomic E-state index is 1.03. The predicted molar refractivity (Wildman–Crippen MR) is 134 cm³/mol. The molecule has 1 aromatic carbocycles. The van der Waals surface area contributed by atoms with Crippen molar-refractivity contribution in [3.8, 4) is 0 Å². The molecule has 0 heterocycles. The van der Waals surface area contributed by atoms with Crippen molar-refractivity contribution in [2.24, 2.45) is 0 Å². The van der Waals surface area contributed by atoms with Crippen LogP contribution in [0.15, 0.2) is 95.7 Å². The van der Waals surface area contributed by atoms with Gasteiger partial charge in [0.25, 0.3) is 0 Å². The van der Waals surface area contributed by atoms with E-state index in [1.165, 1.54) is 52.7 Å². The van der Waals surface area contributed by atoms with Crippen LogP contribution in [0.3, 0.4) is 0 Å². The summed E-state index contributed by atoms with van der Waals surface area (Å²) in [5.41, 5.74) is 8.25. The molecular weight excluding hydrogens is 348 g/mol. The molecule has 0 radical (unpaired) electrons. The molecule has 1 rings (SSSR count). The first-order valence-electron chi connectivity index (χ1n) is 10.9. The lowest BCUT2D eigenvalue weighted by Gasteiger charge is -2.08. The molecule has 0 aromatic heterocycles. The van der Waals surface area contributed by atoms with Crippen LogP contribution in [0.25, 0.3) is 0 Å². The van der Waals surface area contributed by atoms with Gasteiger partial charge < -0.3 is 0 Å². The average molecular weight is 391 g/mol. The highest BCUT2D eigenvalue weighted by Crippen LogP contribution is 2.20. The molecule has 0 bridgehead atoms. The van der Waals surface area contributed by atoms with Gasteiger partial charge in [-0.25, -0.2) is 0 Å². The molecular formula is C29H42. The van der Waals surface area contributed by atoms with Gasteiger partial charge in [0.05, 0.1) is 0 Å². The van der Waals surface area contributed by atoms with Crippen molar-refractivity contribution in [2.75, 3.05) is 0 Å².